The third-order valence-corrected chi connectivity index (χ3v) is 14.7. The largest absolute Gasteiger partial charge is 0.462 e. The van der Waals surface area contributed by atoms with E-state index in [0.717, 1.165) is 64.2 Å². The number of ether oxygens (including phenoxy) is 3. The second kappa shape index (κ2) is 61.4. The van der Waals surface area contributed by atoms with Crippen molar-refractivity contribution in [3.63, 3.8) is 0 Å². The predicted octanol–water partition coefficient (Wildman–Crippen LogP) is 21.8. The smallest absolute Gasteiger partial charge is 0.306 e. The van der Waals surface area contributed by atoms with Crippen LogP contribution in [-0.4, -0.2) is 37.2 Å². The van der Waals surface area contributed by atoms with Gasteiger partial charge in [-0.2, -0.15) is 0 Å². The Labute approximate surface area is 449 Å². The zero-order valence-electron chi connectivity index (χ0n) is 48.7. The van der Waals surface area contributed by atoms with Crippen LogP contribution in [0.3, 0.4) is 0 Å². The molecule has 6 heteroatoms. The van der Waals surface area contributed by atoms with Gasteiger partial charge in [0.05, 0.1) is 0 Å². The van der Waals surface area contributed by atoms with Crippen molar-refractivity contribution in [2.24, 2.45) is 0 Å². The molecule has 0 aliphatic rings. The number of esters is 3. The number of hydrogen-bond donors (Lipinski definition) is 0. The molecule has 0 saturated carbocycles. The molecule has 424 valence electrons. The number of unbranched alkanes of at least 4 members (excludes halogenated alkanes) is 45. The van der Waals surface area contributed by atoms with Crippen LogP contribution in [0.1, 0.15) is 361 Å². The SMILES string of the molecule is CCCCCCC/C=C\C/C=C\CCCCCCCCCCCCCC(=O)OCC(COC(=O)CCCCCCCCCCCCCCCCC)OC(=O)CCCCCCCCCCCCCCCCCC. The molecular weight excluding hydrogens is 889 g/mol. The van der Waals surface area contributed by atoms with Gasteiger partial charge in [0, 0.05) is 19.3 Å². The Morgan fingerprint density at radius 1 is 0.278 bits per heavy atom. The molecule has 0 aromatic heterocycles. The summed E-state index contributed by atoms with van der Waals surface area (Å²) in [4.78, 5) is 38.3. The fourth-order valence-corrected chi connectivity index (χ4v) is 9.83. The Hall–Kier alpha value is -2.11. The fraction of sp³-hybridized carbons (Fsp3) is 0.894. The van der Waals surface area contributed by atoms with Crippen LogP contribution in [0.25, 0.3) is 0 Å². The van der Waals surface area contributed by atoms with Gasteiger partial charge in [0.15, 0.2) is 6.10 Å². The predicted molar refractivity (Wildman–Crippen MR) is 312 cm³/mol. The Bertz CT molecular complexity index is 1160. The Kier molecular flexibility index (Phi) is 59.6. The molecule has 0 N–H and O–H groups in total. The maximum Gasteiger partial charge on any atom is 0.306 e. The maximum atomic E-state index is 12.9. The van der Waals surface area contributed by atoms with E-state index in [1.807, 2.05) is 0 Å². The summed E-state index contributed by atoms with van der Waals surface area (Å²) in [6, 6.07) is 0. The summed E-state index contributed by atoms with van der Waals surface area (Å²) in [5.41, 5.74) is 0. The molecule has 0 aliphatic heterocycles. The normalized spacial score (nSPS) is 12.1. The van der Waals surface area contributed by atoms with Crippen LogP contribution in [0.2, 0.25) is 0 Å². The van der Waals surface area contributed by atoms with Crippen LogP contribution in [-0.2, 0) is 28.6 Å². The average molecular weight is 1010 g/mol. The molecule has 0 heterocycles. The Balaban J connectivity index is 4.27. The van der Waals surface area contributed by atoms with E-state index >= 15 is 0 Å². The van der Waals surface area contributed by atoms with E-state index in [1.54, 1.807) is 0 Å². The first-order valence-electron chi connectivity index (χ1n) is 32.3. The van der Waals surface area contributed by atoms with Gasteiger partial charge >= 0.3 is 17.9 Å². The van der Waals surface area contributed by atoms with Crippen molar-refractivity contribution in [2.75, 3.05) is 13.2 Å². The van der Waals surface area contributed by atoms with Crippen LogP contribution in [0.5, 0.6) is 0 Å². The van der Waals surface area contributed by atoms with Gasteiger partial charge in [-0.15, -0.1) is 0 Å². The van der Waals surface area contributed by atoms with Crippen LogP contribution in [0.15, 0.2) is 24.3 Å². The number of hydrogen-bond acceptors (Lipinski definition) is 6. The second-order valence-corrected chi connectivity index (χ2v) is 22.0. The molecular formula is C66H124O6. The molecule has 0 aromatic carbocycles. The molecule has 0 saturated heterocycles. The van der Waals surface area contributed by atoms with E-state index in [-0.39, 0.29) is 31.1 Å². The summed E-state index contributed by atoms with van der Waals surface area (Å²) in [7, 11) is 0. The lowest BCUT2D eigenvalue weighted by molar-refractivity contribution is -0.167. The van der Waals surface area contributed by atoms with E-state index in [2.05, 4.69) is 45.1 Å². The minimum atomic E-state index is -0.767. The lowest BCUT2D eigenvalue weighted by atomic mass is 10.0. The van der Waals surface area contributed by atoms with E-state index < -0.39 is 6.10 Å². The maximum absolute atomic E-state index is 12.9. The fourth-order valence-electron chi connectivity index (χ4n) is 9.83. The van der Waals surface area contributed by atoms with Crippen LogP contribution >= 0.6 is 0 Å². The third kappa shape index (κ3) is 58.8. The van der Waals surface area contributed by atoms with Gasteiger partial charge < -0.3 is 14.2 Å². The van der Waals surface area contributed by atoms with Crippen molar-refractivity contribution in [1.29, 1.82) is 0 Å². The van der Waals surface area contributed by atoms with Crippen molar-refractivity contribution in [3.8, 4) is 0 Å². The number of allylic oxidation sites excluding steroid dienone is 4. The molecule has 0 aromatic rings. The minimum absolute atomic E-state index is 0.0651. The monoisotopic (exact) mass is 1010 g/mol. The van der Waals surface area contributed by atoms with Gasteiger partial charge in [-0.1, -0.05) is 315 Å². The molecule has 1 atom stereocenters. The van der Waals surface area contributed by atoms with Crippen LogP contribution in [0.4, 0.5) is 0 Å². The summed E-state index contributed by atoms with van der Waals surface area (Å²) in [6.45, 7) is 6.70. The minimum Gasteiger partial charge on any atom is -0.462 e. The molecule has 0 rings (SSSR count). The van der Waals surface area contributed by atoms with Crippen molar-refractivity contribution in [3.05, 3.63) is 24.3 Å². The highest BCUT2D eigenvalue weighted by Gasteiger charge is 2.19. The van der Waals surface area contributed by atoms with E-state index in [9.17, 15) is 14.4 Å². The summed E-state index contributed by atoms with van der Waals surface area (Å²) < 4.78 is 17.0. The molecule has 72 heavy (non-hydrogen) atoms. The number of carbonyl (C=O) groups excluding carboxylic acids is 3. The topological polar surface area (TPSA) is 78.9 Å². The molecule has 0 amide bonds. The zero-order chi connectivity index (χ0) is 52.2. The van der Waals surface area contributed by atoms with Crippen molar-refractivity contribution >= 4 is 17.9 Å². The lowest BCUT2D eigenvalue weighted by Gasteiger charge is -2.18. The van der Waals surface area contributed by atoms with Crippen molar-refractivity contribution in [2.45, 2.75) is 367 Å². The molecule has 0 fully saturated rings. The summed E-state index contributed by atoms with van der Waals surface area (Å²) in [6.07, 6.45) is 73.2. The van der Waals surface area contributed by atoms with Gasteiger partial charge in [0.2, 0.25) is 0 Å². The average Bonchev–Trinajstić information content (AvgIpc) is 3.38. The Morgan fingerprint density at radius 3 is 0.764 bits per heavy atom. The lowest BCUT2D eigenvalue weighted by Crippen LogP contribution is -2.30. The van der Waals surface area contributed by atoms with E-state index in [4.69, 9.17) is 14.2 Å². The van der Waals surface area contributed by atoms with Crippen LogP contribution in [0, 0.1) is 0 Å². The number of carbonyl (C=O) groups is 3. The molecule has 0 bridgehead atoms. The Morgan fingerprint density at radius 2 is 0.500 bits per heavy atom. The van der Waals surface area contributed by atoms with E-state index in [0.29, 0.717) is 19.3 Å². The first kappa shape index (κ1) is 69.9. The highest BCUT2D eigenvalue weighted by molar-refractivity contribution is 5.71. The van der Waals surface area contributed by atoms with Gasteiger partial charge in [0.1, 0.15) is 13.2 Å². The van der Waals surface area contributed by atoms with E-state index in [1.165, 1.54) is 257 Å². The van der Waals surface area contributed by atoms with Crippen LogP contribution < -0.4 is 0 Å². The van der Waals surface area contributed by atoms with Gasteiger partial charge in [0.25, 0.3) is 0 Å². The van der Waals surface area contributed by atoms with Gasteiger partial charge in [-0.05, 0) is 51.4 Å². The molecule has 0 spiro atoms. The van der Waals surface area contributed by atoms with Crippen molar-refractivity contribution < 1.29 is 28.6 Å². The standard InChI is InChI=1S/C66H124O6/c1-4-7-10-13-16-19-22-25-28-30-31-32-33-34-35-36-39-41-44-47-50-53-56-59-65(68)71-62-63(61-70-64(67)58-55-52-49-46-43-40-37-27-24-21-18-15-12-9-6-3)72-66(69)60-57-54-51-48-45-42-38-29-26-23-20-17-14-11-8-5-2/h22,25,30-31,63H,4-21,23-24,26-29,32-62H2,1-3H3/b25-22-,31-30-. The van der Waals surface area contributed by atoms with Crippen molar-refractivity contribution in [1.82, 2.24) is 0 Å². The zero-order valence-corrected chi connectivity index (χ0v) is 48.7. The quantitative estimate of drug-likeness (QED) is 0.0261. The molecule has 1 unspecified atom stereocenters. The highest BCUT2D eigenvalue weighted by Crippen LogP contribution is 2.18. The first-order chi connectivity index (χ1) is 35.5. The van der Waals surface area contributed by atoms with Gasteiger partial charge in [-0.25, -0.2) is 0 Å². The highest BCUT2D eigenvalue weighted by atomic mass is 16.6. The summed E-state index contributed by atoms with van der Waals surface area (Å²) in [5, 5.41) is 0. The molecule has 0 radical (unpaired) electrons. The molecule has 0 aliphatic carbocycles. The second-order valence-electron chi connectivity index (χ2n) is 22.0. The van der Waals surface area contributed by atoms with Gasteiger partial charge in [-0.3, -0.25) is 14.4 Å². The summed E-state index contributed by atoms with van der Waals surface area (Å²) >= 11 is 0. The number of rotatable bonds is 60. The third-order valence-electron chi connectivity index (χ3n) is 14.7. The summed E-state index contributed by atoms with van der Waals surface area (Å²) in [5.74, 6) is -0.838. The molecule has 6 nitrogen and oxygen atoms in total. The first-order valence-corrected chi connectivity index (χ1v) is 32.3.